The molecule has 0 bridgehead atoms. The topological polar surface area (TPSA) is 61.3 Å². The highest BCUT2D eigenvalue weighted by molar-refractivity contribution is 9.10. The fourth-order valence-corrected chi connectivity index (χ4v) is 3.22. The van der Waals surface area contributed by atoms with Gasteiger partial charge < -0.3 is 15.0 Å². The van der Waals surface area contributed by atoms with Gasteiger partial charge >= 0.3 is 0 Å². The molecule has 0 atom stereocenters. The number of rotatable bonds is 4. The molecular formula is C15H17BrN2O2. The van der Waals surface area contributed by atoms with Gasteiger partial charge in [-0.05, 0) is 25.3 Å². The standard InChI is InChI=1S/C15H17BrN2O2/c1-19-15(7-4-8-15)9-12-13(14(17)20-18-12)10-5-2-3-6-11(10)16/h2-3,5-6H,4,7-9,17H2,1H3. The zero-order chi connectivity index (χ0) is 14.2. The summed E-state index contributed by atoms with van der Waals surface area (Å²) in [6, 6.07) is 7.95. The molecule has 3 rings (SSSR count). The van der Waals surface area contributed by atoms with E-state index >= 15 is 0 Å². The molecule has 1 heterocycles. The number of hydrogen-bond acceptors (Lipinski definition) is 4. The van der Waals surface area contributed by atoms with E-state index < -0.39 is 0 Å². The average Bonchev–Trinajstić information content (AvgIpc) is 2.76. The summed E-state index contributed by atoms with van der Waals surface area (Å²) in [6.07, 6.45) is 4.06. The van der Waals surface area contributed by atoms with Gasteiger partial charge in [0.25, 0.3) is 0 Å². The van der Waals surface area contributed by atoms with Crippen LogP contribution in [0.1, 0.15) is 25.0 Å². The van der Waals surface area contributed by atoms with Crippen molar-refractivity contribution in [3.63, 3.8) is 0 Å². The van der Waals surface area contributed by atoms with Crippen LogP contribution < -0.4 is 5.73 Å². The first-order valence-corrected chi connectivity index (χ1v) is 7.48. The van der Waals surface area contributed by atoms with Crippen LogP contribution in [-0.2, 0) is 11.2 Å². The molecule has 2 aromatic rings. The van der Waals surface area contributed by atoms with Crippen LogP contribution in [0, 0.1) is 0 Å². The minimum Gasteiger partial charge on any atom is -0.378 e. The summed E-state index contributed by atoms with van der Waals surface area (Å²) in [6.45, 7) is 0. The van der Waals surface area contributed by atoms with Gasteiger partial charge in [-0.3, -0.25) is 0 Å². The summed E-state index contributed by atoms with van der Waals surface area (Å²) in [4.78, 5) is 0. The summed E-state index contributed by atoms with van der Waals surface area (Å²) >= 11 is 3.56. The van der Waals surface area contributed by atoms with Crippen molar-refractivity contribution in [1.29, 1.82) is 0 Å². The molecule has 2 N–H and O–H groups in total. The smallest absolute Gasteiger partial charge is 0.230 e. The second kappa shape index (κ2) is 5.22. The normalized spacial score (nSPS) is 16.9. The second-order valence-corrected chi connectivity index (χ2v) is 6.12. The fraction of sp³-hybridized carbons (Fsp3) is 0.400. The second-order valence-electron chi connectivity index (χ2n) is 5.27. The summed E-state index contributed by atoms with van der Waals surface area (Å²) in [7, 11) is 1.76. The molecule has 1 fully saturated rings. The number of benzene rings is 1. The lowest BCUT2D eigenvalue weighted by molar-refractivity contribution is -0.0717. The molecule has 5 heteroatoms. The maximum atomic E-state index is 5.97. The van der Waals surface area contributed by atoms with Crippen LogP contribution in [0.2, 0.25) is 0 Å². The fourth-order valence-electron chi connectivity index (χ4n) is 2.74. The van der Waals surface area contributed by atoms with Gasteiger partial charge in [0.05, 0.1) is 16.9 Å². The molecule has 0 amide bonds. The molecule has 20 heavy (non-hydrogen) atoms. The van der Waals surface area contributed by atoms with Crippen LogP contribution in [0.5, 0.6) is 0 Å². The third-order valence-electron chi connectivity index (χ3n) is 4.12. The van der Waals surface area contributed by atoms with Gasteiger partial charge in [-0.15, -0.1) is 0 Å². The first kappa shape index (κ1) is 13.6. The van der Waals surface area contributed by atoms with E-state index in [4.69, 9.17) is 15.0 Å². The number of hydrogen-bond donors (Lipinski definition) is 1. The Labute approximate surface area is 126 Å². The van der Waals surface area contributed by atoms with Gasteiger partial charge in [-0.2, -0.15) is 0 Å². The van der Waals surface area contributed by atoms with Gasteiger partial charge in [0.2, 0.25) is 5.88 Å². The molecule has 0 saturated heterocycles. The van der Waals surface area contributed by atoms with Crippen molar-refractivity contribution in [3.05, 3.63) is 34.4 Å². The Balaban J connectivity index is 2.00. The highest BCUT2D eigenvalue weighted by Gasteiger charge is 2.39. The molecule has 0 spiro atoms. The Kier molecular flexibility index (Phi) is 3.56. The van der Waals surface area contributed by atoms with E-state index in [-0.39, 0.29) is 5.60 Å². The molecule has 0 aliphatic heterocycles. The van der Waals surface area contributed by atoms with Crippen LogP contribution in [0.15, 0.2) is 33.3 Å². The molecule has 1 aliphatic carbocycles. The summed E-state index contributed by atoms with van der Waals surface area (Å²) in [5, 5.41) is 4.15. The maximum absolute atomic E-state index is 5.97. The lowest BCUT2D eigenvalue weighted by Crippen LogP contribution is -2.41. The lowest BCUT2D eigenvalue weighted by atomic mass is 9.76. The summed E-state index contributed by atoms with van der Waals surface area (Å²) in [5.41, 5.74) is 8.63. The highest BCUT2D eigenvalue weighted by Crippen LogP contribution is 2.42. The van der Waals surface area contributed by atoms with Gasteiger partial charge in [-0.1, -0.05) is 39.3 Å². The minimum absolute atomic E-state index is 0.0979. The zero-order valence-electron chi connectivity index (χ0n) is 11.4. The third-order valence-corrected chi connectivity index (χ3v) is 4.81. The lowest BCUT2D eigenvalue weighted by Gasteiger charge is -2.40. The molecule has 1 aromatic heterocycles. The van der Waals surface area contributed by atoms with E-state index in [2.05, 4.69) is 21.1 Å². The predicted octanol–water partition coefficient (Wildman–Crippen LogP) is 3.80. The van der Waals surface area contributed by atoms with Crippen molar-refractivity contribution in [3.8, 4) is 11.1 Å². The predicted molar refractivity (Wildman–Crippen MR) is 81.3 cm³/mol. The third kappa shape index (κ3) is 2.25. The van der Waals surface area contributed by atoms with Crippen molar-refractivity contribution in [1.82, 2.24) is 5.16 Å². The number of nitrogens with two attached hydrogens (primary N) is 1. The van der Waals surface area contributed by atoms with Crippen LogP contribution in [0.4, 0.5) is 5.88 Å². The van der Waals surface area contributed by atoms with E-state index in [1.807, 2.05) is 24.3 Å². The van der Waals surface area contributed by atoms with E-state index in [9.17, 15) is 0 Å². The molecule has 1 aliphatic rings. The van der Waals surface area contributed by atoms with Crippen molar-refractivity contribution in [2.45, 2.75) is 31.3 Å². The Morgan fingerprint density at radius 2 is 2.15 bits per heavy atom. The van der Waals surface area contributed by atoms with Crippen LogP contribution in [0.3, 0.4) is 0 Å². The van der Waals surface area contributed by atoms with E-state index in [0.29, 0.717) is 5.88 Å². The van der Waals surface area contributed by atoms with Gasteiger partial charge in [-0.25, -0.2) is 0 Å². The number of halogens is 1. The van der Waals surface area contributed by atoms with E-state index in [0.717, 1.165) is 40.6 Å². The Morgan fingerprint density at radius 1 is 1.40 bits per heavy atom. The number of nitrogen functional groups attached to an aromatic ring is 1. The van der Waals surface area contributed by atoms with Gasteiger partial charge in [0, 0.05) is 23.6 Å². The Hall–Kier alpha value is -1.33. The highest BCUT2D eigenvalue weighted by atomic mass is 79.9. The quantitative estimate of drug-likeness (QED) is 0.922. The average molecular weight is 337 g/mol. The SMILES string of the molecule is COC1(Cc2noc(N)c2-c2ccccc2Br)CCC1. The van der Waals surface area contributed by atoms with Crippen molar-refractivity contribution in [2.24, 2.45) is 0 Å². The molecule has 4 nitrogen and oxygen atoms in total. The number of nitrogens with zero attached hydrogens (tertiary/aromatic N) is 1. The summed E-state index contributed by atoms with van der Waals surface area (Å²) in [5.74, 6) is 0.359. The molecule has 106 valence electrons. The maximum Gasteiger partial charge on any atom is 0.230 e. The molecular weight excluding hydrogens is 320 g/mol. The Morgan fingerprint density at radius 3 is 2.75 bits per heavy atom. The first-order valence-electron chi connectivity index (χ1n) is 6.69. The number of anilines is 1. The van der Waals surface area contributed by atoms with Crippen molar-refractivity contribution < 1.29 is 9.26 Å². The number of ether oxygens (including phenoxy) is 1. The first-order chi connectivity index (χ1) is 9.65. The monoisotopic (exact) mass is 336 g/mol. The van der Waals surface area contributed by atoms with Crippen LogP contribution in [-0.4, -0.2) is 17.9 Å². The summed E-state index contributed by atoms with van der Waals surface area (Å²) < 4.78 is 11.9. The van der Waals surface area contributed by atoms with Crippen molar-refractivity contribution >= 4 is 21.8 Å². The Bertz CT molecular complexity index is 615. The minimum atomic E-state index is -0.0979. The number of methoxy groups -OCH3 is 1. The molecule has 1 saturated carbocycles. The van der Waals surface area contributed by atoms with E-state index in [1.165, 1.54) is 6.42 Å². The molecule has 1 aromatic carbocycles. The van der Waals surface area contributed by atoms with Crippen LogP contribution >= 0.6 is 15.9 Å². The molecule has 0 radical (unpaired) electrons. The van der Waals surface area contributed by atoms with Crippen LogP contribution in [0.25, 0.3) is 11.1 Å². The van der Waals surface area contributed by atoms with Gasteiger partial charge in [0.15, 0.2) is 0 Å². The number of aromatic nitrogens is 1. The molecule has 0 unspecified atom stereocenters. The van der Waals surface area contributed by atoms with Crippen molar-refractivity contribution in [2.75, 3.05) is 12.8 Å². The largest absolute Gasteiger partial charge is 0.378 e. The van der Waals surface area contributed by atoms with Gasteiger partial charge in [0.1, 0.15) is 0 Å². The zero-order valence-corrected chi connectivity index (χ0v) is 12.9. The van der Waals surface area contributed by atoms with E-state index in [1.54, 1.807) is 7.11 Å².